The van der Waals surface area contributed by atoms with Crippen LogP contribution < -0.4 is 15.4 Å². The summed E-state index contributed by atoms with van der Waals surface area (Å²) in [5.41, 5.74) is 2.01. The minimum atomic E-state index is -0.464. The van der Waals surface area contributed by atoms with Gasteiger partial charge in [0.15, 0.2) is 6.23 Å². The maximum Gasteiger partial charge on any atom is 0.322 e. The first-order valence-corrected chi connectivity index (χ1v) is 10.5. The van der Waals surface area contributed by atoms with Crippen molar-refractivity contribution in [2.75, 3.05) is 5.32 Å². The van der Waals surface area contributed by atoms with Gasteiger partial charge in [-0.2, -0.15) is 0 Å². The van der Waals surface area contributed by atoms with E-state index in [2.05, 4.69) is 24.5 Å². The summed E-state index contributed by atoms with van der Waals surface area (Å²) in [6.07, 6.45) is -0.464. The van der Waals surface area contributed by atoms with Crippen LogP contribution in [0, 0.1) is 0 Å². The Bertz CT molecular complexity index is 927. The molecule has 0 aliphatic carbocycles. The molecule has 1 unspecified atom stereocenters. The molecule has 5 heteroatoms. The van der Waals surface area contributed by atoms with Gasteiger partial charge in [-0.25, -0.2) is 4.79 Å². The highest BCUT2D eigenvalue weighted by Gasteiger charge is 2.11. The lowest BCUT2D eigenvalue weighted by Crippen LogP contribution is -2.39. The lowest BCUT2D eigenvalue weighted by atomic mass is 10.0. The van der Waals surface area contributed by atoms with Crippen molar-refractivity contribution in [2.24, 2.45) is 0 Å². The van der Waals surface area contributed by atoms with E-state index in [1.54, 1.807) is 18.7 Å². The second kappa shape index (κ2) is 10.0. The zero-order valence-electron chi connectivity index (χ0n) is 16.9. The van der Waals surface area contributed by atoms with E-state index in [1.165, 1.54) is 5.56 Å². The van der Waals surface area contributed by atoms with Crippen LogP contribution in [-0.2, 0) is 0 Å². The fourth-order valence-electron chi connectivity index (χ4n) is 2.78. The van der Waals surface area contributed by atoms with Gasteiger partial charge in [0, 0.05) is 9.79 Å². The van der Waals surface area contributed by atoms with E-state index in [4.69, 9.17) is 4.74 Å². The first-order valence-electron chi connectivity index (χ1n) is 9.67. The number of amides is 2. The smallest absolute Gasteiger partial charge is 0.322 e. The van der Waals surface area contributed by atoms with E-state index in [9.17, 15) is 4.79 Å². The third-order valence-corrected chi connectivity index (χ3v) is 5.38. The van der Waals surface area contributed by atoms with Crippen LogP contribution in [0.25, 0.3) is 0 Å². The molecular formula is C24H26N2O2S. The number of benzene rings is 3. The molecular weight excluding hydrogens is 380 g/mol. The largest absolute Gasteiger partial charge is 0.471 e. The number of nitrogens with one attached hydrogen (secondary N) is 2. The number of ether oxygens (including phenoxy) is 1. The minimum Gasteiger partial charge on any atom is -0.471 e. The Morgan fingerprint density at radius 2 is 1.52 bits per heavy atom. The van der Waals surface area contributed by atoms with Gasteiger partial charge in [0.2, 0.25) is 0 Å². The van der Waals surface area contributed by atoms with Gasteiger partial charge in [-0.3, -0.25) is 0 Å². The van der Waals surface area contributed by atoms with E-state index in [0.29, 0.717) is 5.92 Å². The highest BCUT2D eigenvalue weighted by molar-refractivity contribution is 7.99. The Morgan fingerprint density at radius 3 is 2.21 bits per heavy atom. The highest BCUT2D eigenvalue weighted by Crippen LogP contribution is 2.33. The topological polar surface area (TPSA) is 50.4 Å². The molecule has 3 rings (SSSR count). The summed E-state index contributed by atoms with van der Waals surface area (Å²) >= 11 is 1.61. The molecule has 0 saturated carbocycles. The first-order chi connectivity index (χ1) is 14.0. The van der Waals surface area contributed by atoms with Crippen molar-refractivity contribution < 1.29 is 9.53 Å². The zero-order valence-corrected chi connectivity index (χ0v) is 17.7. The van der Waals surface area contributed by atoms with Crippen molar-refractivity contribution in [1.82, 2.24) is 5.32 Å². The summed E-state index contributed by atoms with van der Waals surface area (Å²) in [6, 6.07) is 25.4. The molecule has 0 spiro atoms. The van der Waals surface area contributed by atoms with Gasteiger partial charge in [0.1, 0.15) is 5.75 Å². The standard InChI is InChI=1S/C24H26N2O2S/c1-17(2)19-13-15-20(16-14-19)28-18(3)25-24(27)26-22-11-7-8-12-23(22)29-21-9-5-4-6-10-21/h4-18H,1-3H3,(H2,25,26,27). The molecule has 0 aromatic heterocycles. The van der Waals surface area contributed by atoms with Crippen LogP contribution in [0.2, 0.25) is 0 Å². The van der Waals surface area contributed by atoms with Crippen LogP contribution in [0.3, 0.4) is 0 Å². The summed E-state index contributed by atoms with van der Waals surface area (Å²) < 4.78 is 5.81. The van der Waals surface area contributed by atoms with Crippen LogP contribution in [0.1, 0.15) is 32.3 Å². The van der Waals surface area contributed by atoms with Crippen LogP contribution in [0.15, 0.2) is 88.7 Å². The van der Waals surface area contributed by atoms with Crippen molar-refractivity contribution in [3.63, 3.8) is 0 Å². The number of carbonyl (C=O) groups excluding carboxylic acids is 1. The Labute approximate surface area is 176 Å². The molecule has 0 bridgehead atoms. The van der Waals surface area contributed by atoms with Crippen molar-refractivity contribution in [3.05, 3.63) is 84.4 Å². The number of hydrogen-bond acceptors (Lipinski definition) is 3. The lowest BCUT2D eigenvalue weighted by molar-refractivity contribution is 0.183. The van der Waals surface area contributed by atoms with Crippen molar-refractivity contribution in [2.45, 2.75) is 42.7 Å². The molecule has 2 N–H and O–H groups in total. The monoisotopic (exact) mass is 406 g/mol. The molecule has 29 heavy (non-hydrogen) atoms. The molecule has 4 nitrogen and oxygen atoms in total. The average molecular weight is 407 g/mol. The number of carbonyl (C=O) groups is 1. The molecule has 0 aliphatic rings. The third kappa shape index (κ3) is 6.29. The molecule has 150 valence electrons. The Balaban J connectivity index is 1.57. The van der Waals surface area contributed by atoms with Crippen LogP contribution >= 0.6 is 11.8 Å². The Kier molecular flexibility index (Phi) is 7.19. The summed E-state index contributed by atoms with van der Waals surface area (Å²) in [6.45, 7) is 6.11. The van der Waals surface area contributed by atoms with E-state index in [-0.39, 0.29) is 6.03 Å². The molecule has 0 heterocycles. The summed E-state index contributed by atoms with van der Waals surface area (Å²) in [4.78, 5) is 14.5. The predicted octanol–water partition coefficient (Wildman–Crippen LogP) is 6.51. The molecule has 0 fully saturated rings. The molecule has 0 saturated heterocycles. The summed E-state index contributed by atoms with van der Waals surface area (Å²) in [5, 5.41) is 5.74. The van der Waals surface area contributed by atoms with Gasteiger partial charge in [0.25, 0.3) is 0 Å². The molecule has 3 aromatic carbocycles. The number of rotatable bonds is 7. The van der Waals surface area contributed by atoms with Gasteiger partial charge < -0.3 is 15.4 Å². The average Bonchev–Trinajstić information content (AvgIpc) is 2.70. The normalized spacial score (nSPS) is 11.7. The second-order valence-electron chi connectivity index (χ2n) is 6.99. The van der Waals surface area contributed by atoms with Gasteiger partial charge >= 0.3 is 6.03 Å². The highest BCUT2D eigenvalue weighted by atomic mass is 32.2. The minimum absolute atomic E-state index is 0.308. The third-order valence-electron chi connectivity index (χ3n) is 4.30. The van der Waals surface area contributed by atoms with E-state index in [0.717, 1.165) is 21.2 Å². The Morgan fingerprint density at radius 1 is 0.862 bits per heavy atom. The van der Waals surface area contributed by atoms with Crippen LogP contribution in [0.5, 0.6) is 5.75 Å². The van der Waals surface area contributed by atoms with E-state index >= 15 is 0 Å². The van der Waals surface area contributed by atoms with Gasteiger partial charge in [0.05, 0.1) is 5.69 Å². The van der Waals surface area contributed by atoms with Crippen molar-refractivity contribution in [1.29, 1.82) is 0 Å². The van der Waals surface area contributed by atoms with Gasteiger partial charge in [-0.15, -0.1) is 0 Å². The van der Waals surface area contributed by atoms with E-state index < -0.39 is 6.23 Å². The maximum absolute atomic E-state index is 12.4. The fraction of sp³-hybridized carbons (Fsp3) is 0.208. The van der Waals surface area contributed by atoms with Crippen molar-refractivity contribution >= 4 is 23.5 Å². The molecule has 0 aliphatic heterocycles. The zero-order chi connectivity index (χ0) is 20.6. The van der Waals surface area contributed by atoms with Crippen LogP contribution in [-0.4, -0.2) is 12.3 Å². The summed E-state index contributed by atoms with van der Waals surface area (Å²) in [5.74, 6) is 1.20. The number of urea groups is 1. The van der Waals surface area contributed by atoms with Gasteiger partial charge in [-0.1, -0.05) is 68.1 Å². The molecule has 1 atom stereocenters. The van der Waals surface area contributed by atoms with Crippen molar-refractivity contribution in [3.8, 4) is 5.75 Å². The SMILES string of the molecule is CC(NC(=O)Nc1ccccc1Sc1ccccc1)Oc1ccc(C(C)C)cc1. The molecule has 0 radical (unpaired) electrons. The number of hydrogen-bond donors (Lipinski definition) is 2. The Hall–Kier alpha value is -2.92. The second-order valence-corrected chi connectivity index (χ2v) is 8.11. The fourth-order valence-corrected chi connectivity index (χ4v) is 3.71. The quantitative estimate of drug-likeness (QED) is 0.440. The maximum atomic E-state index is 12.4. The number of para-hydroxylation sites is 1. The van der Waals surface area contributed by atoms with E-state index in [1.807, 2.05) is 78.9 Å². The number of anilines is 1. The predicted molar refractivity (Wildman–Crippen MR) is 120 cm³/mol. The lowest BCUT2D eigenvalue weighted by Gasteiger charge is -2.18. The molecule has 3 aromatic rings. The first kappa shape index (κ1) is 20.8. The van der Waals surface area contributed by atoms with Crippen LogP contribution in [0.4, 0.5) is 10.5 Å². The summed E-state index contributed by atoms with van der Waals surface area (Å²) in [7, 11) is 0. The molecule has 2 amide bonds. The van der Waals surface area contributed by atoms with Gasteiger partial charge in [-0.05, 0) is 54.8 Å².